The smallest absolute Gasteiger partial charge is 0.317 e. The number of urea groups is 1. The van der Waals surface area contributed by atoms with Crippen molar-refractivity contribution in [2.45, 2.75) is 45.2 Å². The zero-order chi connectivity index (χ0) is 20.8. The summed E-state index contributed by atoms with van der Waals surface area (Å²) in [5.41, 5.74) is 2.05. The quantitative estimate of drug-likeness (QED) is 0.800. The second kappa shape index (κ2) is 9.54. The summed E-state index contributed by atoms with van der Waals surface area (Å²) in [5, 5.41) is 5.72. The van der Waals surface area contributed by atoms with Gasteiger partial charge in [-0.25, -0.2) is 9.18 Å². The van der Waals surface area contributed by atoms with Crippen LogP contribution in [0.4, 0.5) is 9.18 Å². The predicted molar refractivity (Wildman–Crippen MR) is 111 cm³/mol. The fraction of sp³-hybridized carbons (Fsp3) is 0.391. The van der Waals surface area contributed by atoms with Crippen LogP contribution in [0.15, 0.2) is 48.5 Å². The number of rotatable bonds is 5. The molecule has 2 N–H and O–H groups in total. The molecule has 3 rings (SSSR count). The molecule has 0 aliphatic carbocycles. The first kappa shape index (κ1) is 20.8. The summed E-state index contributed by atoms with van der Waals surface area (Å²) in [7, 11) is 0. The number of piperidine rings is 1. The van der Waals surface area contributed by atoms with Gasteiger partial charge in [-0.2, -0.15) is 0 Å². The summed E-state index contributed by atoms with van der Waals surface area (Å²) in [6.45, 7) is 5.42. The van der Waals surface area contributed by atoms with Crippen LogP contribution in [-0.2, 0) is 6.54 Å². The lowest BCUT2D eigenvalue weighted by molar-refractivity contribution is 0.0950. The molecule has 0 spiro atoms. The summed E-state index contributed by atoms with van der Waals surface area (Å²) in [5.74, 6) is -0.371. The zero-order valence-electron chi connectivity index (χ0n) is 17.0. The van der Waals surface area contributed by atoms with E-state index in [1.54, 1.807) is 24.3 Å². The Kier molecular flexibility index (Phi) is 6.86. The minimum absolute atomic E-state index is 0.0384. The van der Waals surface area contributed by atoms with Gasteiger partial charge in [-0.3, -0.25) is 4.79 Å². The van der Waals surface area contributed by atoms with Crippen molar-refractivity contribution < 1.29 is 14.0 Å². The van der Waals surface area contributed by atoms with E-state index in [1.165, 1.54) is 6.07 Å². The lowest BCUT2D eigenvalue weighted by Gasteiger charge is -2.33. The van der Waals surface area contributed by atoms with Crippen LogP contribution in [0, 0.1) is 5.82 Å². The number of amides is 3. The highest BCUT2D eigenvalue weighted by Gasteiger charge is 2.25. The van der Waals surface area contributed by atoms with Gasteiger partial charge in [0.15, 0.2) is 0 Å². The number of carbonyl (C=O) groups is 2. The van der Waals surface area contributed by atoms with E-state index < -0.39 is 0 Å². The maximum atomic E-state index is 13.7. The van der Waals surface area contributed by atoms with Gasteiger partial charge in [-0.15, -0.1) is 0 Å². The molecular weight excluding hydrogens is 369 g/mol. The third kappa shape index (κ3) is 5.56. The molecule has 1 aliphatic rings. The lowest BCUT2D eigenvalue weighted by atomic mass is 9.89. The van der Waals surface area contributed by atoms with Crippen LogP contribution in [0.1, 0.15) is 54.1 Å². The fourth-order valence-electron chi connectivity index (χ4n) is 3.63. The molecule has 0 saturated carbocycles. The molecule has 0 aromatic heterocycles. The average Bonchev–Trinajstić information content (AvgIpc) is 2.72. The van der Waals surface area contributed by atoms with E-state index in [0.29, 0.717) is 17.7 Å². The van der Waals surface area contributed by atoms with Crippen molar-refractivity contribution >= 4 is 11.9 Å². The normalized spacial score (nSPS) is 16.6. The van der Waals surface area contributed by atoms with Gasteiger partial charge in [-0.05, 0) is 50.5 Å². The summed E-state index contributed by atoms with van der Waals surface area (Å²) in [6.07, 6.45) is 1.91. The zero-order valence-corrected chi connectivity index (χ0v) is 17.0. The highest BCUT2D eigenvalue weighted by atomic mass is 19.1. The molecule has 5 nitrogen and oxygen atoms in total. The summed E-state index contributed by atoms with van der Waals surface area (Å²) < 4.78 is 13.7. The molecule has 0 radical (unpaired) electrons. The molecule has 0 unspecified atom stereocenters. The van der Waals surface area contributed by atoms with Crippen LogP contribution in [0.5, 0.6) is 0 Å². The SMILES string of the molecule is CC(C)NC(=O)N1CCC[C@@H](c2cccc(C(=O)NCc3ccccc3F)c2)C1. The van der Waals surface area contributed by atoms with Crippen LogP contribution in [0.25, 0.3) is 0 Å². The van der Waals surface area contributed by atoms with Gasteiger partial charge in [0.05, 0.1) is 0 Å². The van der Waals surface area contributed by atoms with Crippen LogP contribution < -0.4 is 10.6 Å². The number of hydrogen-bond acceptors (Lipinski definition) is 2. The molecule has 1 saturated heterocycles. The first-order valence-electron chi connectivity index (χ1n) is 10.1. The van der Waals surface area contributed by atoms with E-state index in [2.05, 4.69) is 10.6 Å². The highest BCUT2D eigenvalue weighted by molar-refractivity contribution is 5.94. The van der Waals surface area contributed by atoms with Crippen LogP contribution >= 0.6 is 0 Å². The van der Waals surface area contributed by atoms with Crippen molar-refractivity contribution in [1.29, 1.82) is 0 Å². The van der Waals surface area contributed by atoms with E-state index in [9.17, 15) is 14.0 Å². The minimum Gasteiger partial charge on any atom is -0.348 e. The molecular formula is C23H28FN3O2. The van der Waals surface area contributed by atoms with Crippen LogP contribution in [-0.4, -0.2) is 36.0 Å². The Labute approximate surface area is 171 Å². The summed E-state index contributed by atoms with van der Waals surface area (Å²) in [4.78, 5) is 26.7. The molecule has 6 heteroatoms. The number of nitrogens with zero attached hydrogens (tertiary/aromatic N) is 1. The largest absolute Gasteiger partial charge is 0.348 e. The van der Waals surface area contributed by atoms with Crippen molar-refractivity contribution in [3.8, 4) is 0 Å². The summed E-state index contributed by atoms with van der Waals surface area (Å²) in [6, 6.07) is 14.0. The Hall–Kier alpha value is -2.89. The van der Waals surface area contributed by atoms with Crippen LogP contribution in [0.3, 0.4) is 0 Å². The van der Waals surface area contributed by atoms with Gasteiger partial charge in [0.1, 0.15) is 5.82 Å². The minimum atomic E-state index is -0.330. The molecule has 1 aliphatic heterocycles. The van der Waals surface area contributed by atoms with Gasteiger partial charge in [0.2, 0.25) is 0 Å². The number of likely N-dealkylation sites (tertiary alicyclic amines) is 1. The van der Waals surface area contributed by atoms with Crippen molar-refractivity contribution in [3.63, 3.8) is 0 Å². The monoisotopic (exact) mass is 397 g/mol. The third-order valence-corrected chi connectivity index (χ3v) is 5.14. The maximum Gasteiger partial charge on any atom is 0.317 e. The second-order valence-corrected chi connectivity index (χ2v) is 7.79. The molecule has 1 atom stereocenters. The molecule has 3 amide bonds. The fourth-order valence-corrected chi connectivity index (χ4v) is 3.63. The number of carbonyl (C=O) groups excluding carboxylic acids is 2. The molecule has 0 bridgehead atoms. The molecule has 29 heavy (non-hydrogen) atoms. The first-order chi connectivity index (χ1) is 13.9. The Morgan fingerprint density at radius 3 is 2.72 bits per heavy atom. The van der Waals surface area contributed by atoms with Crippen molar-refractivity contribution in [1.82, 2.24) is 15.5 Å². The highest BCUT2D eigenvalue weighted by Crippen LogP contribution is 2.27. The van der Waals surface area contributed by atoms with Crippen LogP contribution in [0.2, 0.25) is 0 Å². The van der Waals surface area contributed by atoms with E-state index in [4.69, 9.17) is 0 Å². The lowest BCUT2D eigenvalue weighted by Crippen LogP contribution is -2.47. The standard InChI is InChI=1S/C23H28FN3O2/c1-16(2)26-23(29)27-12-6-10-20(15-27)17-8-5-9-18(13-17)22(28)25-14-19-7-3-4-11-21(19)24/h3-5,7-9,11,13,16,20H,6,10,12,14-15H2,1-2H3,(H,25,28)(H,26,29)/t20-/m1/s1. The van der Waals surface area contributed by atoms with Gasteiger partial charge in [0, 0.05) is 42.7 Å². The van der Waals surface area contributed by atoms with Crippen molar-refractivity contribution in [3.05, 3.63) is 71.0 Å². The van der Waals surface area contributed by atoms with E-state index in [-0.39, 0.29) is 36.3 Å². The summed E-state index contributed by atoms with van der Waals surface area (Å²) >= 11 is 0. The molecule has 2 aromatic rings. The number of hydrogen-bond donors (Lipinski definition) is 2. The van der Waals surface area contributed by atoms with Gasteiger partial charge < -0.3 is 15.5 Å². The van der Waals surface area contributed by atoms with Crippen molar-refractivity contribution in [2.24, 2.45) is 0 Å². The Morgan fingerprint density at radius 1 is 1.17 bits per heavy atom. The van der Waals surface area contributed by atoms with E-state index >= 15 is 0 Å². The number of nitrogens with one attached hydrogen (secondary N) is 2. The second-order valence-electron chi connectivity index (χ2n) is 7.79. The molecule has 154 valence electrons. The van der Waals surface area contributed by atoms with Gasteiger partial charge in [-0.1, -0.05) is 30.3 Å². The first-order valence-corrected chi connectivity index (χ1v) is 10.1. The topological polar surface area (TPSA) is 61.4 Å². The Balaban J connectivity index is 1.64. The van der Waals surface area contributed by atoms with E-state index in [1.807, 2.05) is 36.9 Å². The molecule has 2 aromatic carbocycles. The number of benzene rings is 2. The van der Waals surface area contributed by atoms with Crippen molar-refractivity contribution in [2.75, 3.05) is 13.1 Å². The van der Waals surface area contributed by atoms with E-state index in [0.717, 1.165) is 24.9 Å². The molecule has 1 fully saturated rings. The average molecular weight is 397 g/mol. The molecule has 1 heterocycles. The Bertz CT molecular complexity index is 869. The maximum absolute atomic E-state index is 13.7. The third-order valence-electron chi connectivity index (χ3n) is 5.14. The predicted octanol–water partition coefficient (Wildman–Crippen LogP) is 4.05. The number of halogens is 1. The van der Waals surface area contributed by atoms with Gasteiger partial charge in [0.25, 0.3) is 5.91 Å². The van der Waals surface area contributed by atoms with Gasteiger partial charge >= 0.3 is 6.03 Å². The Morgan fingerprint density at radius 2 is 1.97 bits per heavy atom.